The van der Waals surface area contributed by atoms with Crippen LogP contribution in [0.25, 0.3) is 0 Å². The lowest BCUT2D eigenvalue weighted by atomic mass is 9.92. The van der Waals surface area contributed by atoms with Gasteiger partial charge in [0.15, 0.2) is 5.82 Å². The normalized spacial score (nSPS) is 20.7. The first kappa shape index (κ1) is 13.4. The van der Waals surface area contributed by atoms with Crippen LogP contribution in [0.2, 0.25) is 0 Å². The maximum absolute atomic E-state index is 5.88. The van der Waals surface area contributed by atoms with E-state index in [9.17, 15) is 0 Å². The average Bonchev–Trinajstić information content (AvgIpc) is 2.39. The lowest BCUT2D eigenvalue weighted by Gasteiger charge is -2.34. The monoisotopic (exact) mass is 251 g/mol. The summed E-state index contributed by atoms with van der Waals surface area (Å²) in [7, 11) is 1.71. The molecule has 0 spiro atoms. The van der Waals surface area contributed by atoms with Gasteiger partial charge in [0, 0.05) is 56.7 Å². The van der Waals surface area contributed by atoms with Crippen molar-refractivity contribution in [3.63, 3.8) is 0 Å². The summed E-state index contributed by atoms with van der Waals surface area (Å²) in [5, 5.41) is 0. The molecule has 2 N–H and O–H groups in total. The van der Waals surface area contributed by atoms with Crippen molar-refractivity contribution in [1.82, 2.24) is 9.97 Å². The first-order chi connectivity index (χ1) is 8.59. The lowest BCUT2D eigenvalue weighted by Crippen LogP contribution is -2.37. The molecule has 0 aromatic carbocycles. The van der Waals surface area contributed by atoms with Crippen molar-refractivity contribution in [2.45, 2.75) is 38.3 Å². The van der Waals surface area contributed by atoms with Gasteiger partial charge in [-0.25, -0.2) is 9.97 Å². The molecule has 1 saturated heterocycles. The van der Waals surface area contributed by atoms with Crippen molar-refractivity contribution in [3.8, 4) is 0 Å². The summed E-state index contributed by atoms with van der Waals surface area (Å²) in [4.78, 5) is 9.05. The molecule has 2 heterocycles. The minimum absolute atomic E-state index is 0.0489. The number of nitrogens with zero attached hydrogens (tertiary/aromatic N) is 2. The second kappa shape index (κ2) is 5.30. The van der Waals surface area contributed by atoms with Gasteiger partial charge < -0.3 is 15.2 Å². The molecular formula is C13H21N3O2. The minimum Gasteiger partial charge on any atom is -0.381 e. The van der Waals surface area contributed by atoms with Gasteiger partial charge in [-0.1, -0.05) is 0 Å². The van der Waals surface area contributed by atoms with Crippen LogP contribution in [0.3, 0.4) is 0 Å². The summed E-state index contributed by atoms with van der Waals surface area (Å²) in [6.07, 6.45) is 3.40. The fraction of sp³-hybridized carbons (Fsp3) is 0.692. The van der Waals surface area contributed by atoms with Crippen molar-refractivity contribution < 1.29 is 9.47 Å². The van der Waals surface area contributed by atoms with Gasteiger partial charge in [-0.2, -0.15) is 0 Å². The number of rotatable bonds is 3. The van der Waals surface area contributed by atoms with Crippen LogP contribution in [0.5, 0.6) is 0 Å². The highest BCUT2D eigenvalue weighted by molar-refractivity contribution is 5.21. The van der Waals surface area contributed by atoms with Gasteiger partial charge in [-0.15, -0.1) is 0 Å². The van der Waals surface area contributed by atoms with Gasteiger partial charge in [-0.3, -0.25) is 0 Å². The number of hydrogen-bond donors (Lipinski definition) is 1. The molecule has 1 unspecified atom stereocenters. The van der Waals surface area contributed by atoms with Gasteiger partial charge in [0.05, 0.1) is 0 Å². The van der Waals surface area contributed by atoms with Crippen molar-refractivity contribution in [2.24, 2.45) is 5.73 Å². The predicted octanol–water partition coefficient (Wildman–Crippen LogP) is 1.46. The number of ether oxygens (including phenoxy) is 2. The number of hydrogen-bond acceptors (Lipinski definition) is 5. The number of aryl methyl sites for hydroxylation is 1. The van der Waals surface area contributed by atoms with Crippen molar-refractivity contribution >= 4 is 0 Å². The zero-order chi connectivity index (χ0) is 13.2. The molecule has 1 aliphatic heterocycles. The zero-order valence-electron chi connectivity index (χ0n) is 11.3. The molecule has 1 atom stereocenters. The molecule has 0 radical (unpaired) electrons. The molecule has 2 rings (SSSR count). The maximum atomic E-state index is 5.88. The highest BCUT2D eigenvalue weighted by Crippen LogP contribution is 2.33. The van der Waals surface area contributed by atoms with E-state index < -0.39 is 5.60 Å². The van der Waals surface area contributed by atoms with E-state index in [4.69, 9.17) is 15.2 Å². The zero-order valence-corrected chi connectivity index (χ0v) is 11.3. The topological polar surface area (TPSA) is 70.3 Å². The van der Waals surface area contributed by atoms with Crippen molar-refractivity contribution in [2.75, 3.05) is 20.3 Å². The fourth-order valence-corrected chi connectivity index (χ4v) is 2.36. The molecule has 18 heavy (non-hydrogen) atoms. The average molecular weight is 251 g/mol. The van der Waals surface area contributed by atoms with Crippen LogP contribution >= 0.6 is 0 Å². The number of methoxy groups -OCH3 is 1. The van der Waals surface area contributed by atoms with Crippen LogP contribution in [-0.2, 0) is 15.1 Å². The molecular weight excluding hydrogens is 230 g/mol. The second-order valence-electron chi connectivity index (χ2n) is 4.83. The third kappa shape index (κ3) is 2.39. The van der Waals surface area contributed by atoms with Gasteiger partial charge in [0.1, 0.15) is 5.60 Å². The standard InChI is InChI=1S/C13H21N3O2/c1-9(14)11-8-15-12(16-10(11)2)13(17-3)4-6-18-7-5-13/h8-9H,4-7,14H2,1-3H3. The molecule has 1 aliphatic rings. The van der Waals surface area contributed by atoms with Crippen LogP contribution in [0.1, 0.15) is 42.9 Å². The molecule has 1 aromatic rings. The highest BCUT2D eigenvalue weighted by Gasteiger charge is 2.37. The molecule has 1 aromatic heterocycles. The van der Waals surface area contributed by atoms with E-state index in [-0.39, 0.29) is 6.04 Å². The summed E-state index contributed by atoms with van der Waals surface area (Å²) in [5.41, 5.74) is 7.39. The Morgan fingerprint density at radius 1 is 1.44 bits per heavy atom. The quantitative estimate of drug-likeness (QED) is 0.880. The molecule has 100 valence electrons. The van der Waals surface area contributed by atoms with Crippen molar-refractivity contribution in [3.05, 3.63) is 23.3 Å². The minimum atomic E-state index is -0.403. The van der Waals surface area contributed by atoms with Gasteiger partial charge in [-0.05, 0) is 13.8 Å². The van der Waals surface area contributed by atoms with Crippen LogP contribution in [0.15, 0.2) is 6.20 Å². The molecule has 0 aliphatic carbocycles. The van der Waals surface area contributed by atoms with Crippen molar-refractivity contribution in [1.29, 1.82) is 0 Å². The number of nitrogens with two attached hydrogens (primary N) is 1. The Labute approximate surface area is 108 Å². The Kier molecular flexibility index (Phi) is 3.94. The van der Waals surface area contributed by atoms with Crippen LogP contribution in [0.4, 0.5) is 0 Å². The van der Waals surface area contributed by atoms with E-state index >= 15 is 0 Å². The van der Waals surface area contributed by atoms with Gasteiger partial charge >= 0.3 is 0 Å². The lowest BCUT2D eigenvalue weighted by molar-refractivity contribution is -0.100. The Hall–Kier alpha value is -1.04. The Bertz CT molecular complexity index is 415. The Balaban J connectivity index is 2.34. The summed E-state index contributed by atoms with van der Waals surface area (Å²) in [6.45, 7) is 5.27. The van der Waals surface area contributed by atoms with Crippen LogP contribution < -0.4 is 5.73 Å². The summed E-state index contributed by atoms with van der Waals surface area (Å²) >= 11 is 0. The molecule has 0 amide bonds. The Morgan fingerprint density at radius 2 is 2.11 bits per heavy atom. The molecule has 0 bridgehead atoms. The summed E-state index contributed by atoms with van der Waals surface area (Å²) in [6, 6.07) is -0.0489. The highest BCUT2D eigenvalue weighted by atomic mass is 16.5. The maximum Gasteiger partial charge on any atom is 0.160 e. The molecule has 5 heteroatoms. The predicted molar refractivity (Wildman–Crippen MR) is 68.1 cm³/mol. The fourth-order valence-electron chi connectivity index (χ4n) is 2.36. The third-order valence-electron chi connectivity index (χ3n) is 3.61. The van der Waals surface area contributed by atoms with E-state index in [1.54, 1.807) is 7.11 Å². The largest absolute Gasteiger partial charge is 0.381 e. The van der Waals surface area contributed by atoms with Crippen LogP contribution in [0, 0.1) is 6.92 Å². The Morgan fingerprint density at radius 3 is 2.61 bits per heavy atom. The number of aromatic nitrogens is 2. The summed E-state index contributed by atoms with van der Waals surface area (Å²) < 4.78 is 11.1. The van der Waals surface area contributed by atoms with E-state index in [1.807, 2.05) is 20.0 Å². The van der Waals surface area contributed by atoms with E-state index in [2.05, 4.69) is 9.97 Å². The van der Waals surface area contributed by atoms with Gasteiger partial charge in [0.2, 0.25) is 0 Å². The van der Waals surface area contributed by atoms with E-state index in [1.165, 1.54) is 0 Å². The van der Waals surface area contributed by atoms with Crippen LogP contribution in [-0.4, -0.2) is 30.3 Å². The van der Waals surface area contributed by atoms with Gasteiger partial charge in [0.25, 0.3) is 0 Å². The SMILES string of the molecule is COC1(c2ncc(C(C)N)c(C)n2)CCOCC1. The molecule has 5 nitrogen and oxygen atoms in total. The first-order valence-electron chi connectivity index (χ1n) is 6.31. The first-order valence-corrected chi connectivity index (χ1v) is 6.31. The second-order valence-corrected chi connectivity index (χ2v) is 4.83. The van der Waals surface area contributed by atoms with E-state index in [0.717, 1.165) is 29.9 Å². The molecule has 0 saturated carbocycles. The van der Waals surface area contributed by atoms with E-state index in [0.29, 0.717) is 13.2 Å². The molecule has 1 fully saturated rings. The smallest absolute Gasteiger partial charge is 0.160 e. The summed E-state index contributed by atoms with van der Waals surface area (Å²) in [5.74, 6) is 0.746. The third-order valence-corrected chi connectivity index (χ3v) is 3.61.